The smallest absolute Gasteiger partial charge is 0.166 e. The van der Waals surface area contributed by atoms with E-state index in [1.54, 1.807) is 11.5 Å². The lowest BCUT2D eigenvalue weighted by molar-refractivity contribution is 0.919. The molecule has 2 rings (SSSR count). The average molecular weight is 264 g/mol. The number of rotatable bonds is 1. The summed E-state index contributed by atoms with van der Waals surface area (Å²) in [4.78, 5) is 12.0. The van der Waals surface area contributed by atoms with E-state index in [2.05, 4.69) is 15.0 Å². The van der Waals surface area contributed by atoms with Crippen LogP contribution < -0.4 is 0 Å². The lowest BCUT2D eigenvalue weighted by atomic mass is 10.6. The highest BCUT2D eigenvalue weighted by Gasteiger charge is 2.13. The van der Waals surface area contributed by atoms with Crippen LogP contribution in [0, 0.1) is 6.92 Å². The molecular weight excluding hydrogens is 258 g/mol. The molecule has 4 nitrogen and oxygen atoms in total. The Bertz CT molecular complexity index is 509. The highest BCUT2D eigenvalue weighted by Crippen LogP contribution is 2.25. The van der Waals surface area contributed by atoms with Crippen LogP contribution in [0.4, 0.5) is 0 Å². The number of aryl methyl sites for hydroxylation is 1. The van der Waals surface area contributed by atoms with Gasteiger partial charge in [0.25, 0.3) is 0 Å². The van der Waals surface area contributed by atoms with Gasteiger partial charge in [-0.05, 0) is 6.92 Å². The van der Waals surface area contributed by atoms with Gasteiger partial charge >= 0.3 is 0 Å². The first-order chi connectivity index (χ1) is 7.09. The molecule has 0 amide bonds. The van der Waals surface area contributed by atoms with Gasteiger partial charge in [0.15, 0.2) is 16.1 Å². The molecule has 0 atom stereocenters. The summed E-state index contributed by atoms with van der Waals surface area (Å²) in [6.45, 7) is 1.76. The van der Waals surface area contributed by atoms with E-state index in [1.807, 2.05) is 0 Å². The fourth-order valence-electron chi connectivity index (χ4n) is 1.18. The molecule has 0 unspecified atom stereocenters. The monoisotopic (exact) mass is 262 g/mol. The van der Waals surface area contributed by atoms with E-state index in [0.29, 0.717) is 16.8 Å². The van der Waals surface area contributed by atoms with Gasteiger partial charge in [0.2, 0.25) is 0 Å². The van der Waals surface area contributed by atoms with Gasteiger partial charge in [0.05, 0.1) is 12.4 Å². The minimum Gasteiger partial charge on any atom is -0.268 e. The van der Waals surface area contributed by atoms with Crippen LogP contribution in [0.2, 0.25) is 15.5 Å². The number of nitrogens with zero attached hydrogens (tertiary/aromatic N) is 4. The molecule has 15 heavy (non-hydrogen) atoms. The van der Waals surface area contributed by atoms with E-state index in [-0.39, 0.29) is 10.3 Å². The fourth-order valence-corrected chi connectivity index (χ4v) is 1.78. The molecule has 0 N–H and O–H groups in total. The van der Waals surface area contributed by atoms with E-state index in [9.17, 15) is 0 Å². The first kappa shape index (κ1) is 10.7. The second-order valence-corrected chi connectivity index (χ2v) is 3.88. The summed E-state index contributed by atoms with van der Waals surface area (Å²) < 4.78 is 1.57. The summed E-state index contributed by atoms with van der Waals surface area (Å²) in [5, 5.41) is 0.814. The second-order valence-electron chi connectivity index (χ2n) is 2.78. The zero-order chi connectivity index (χ0) is 11.0. The Morgan fingerprint density at radius 2 is 1.87 bits per heavy atom. The SMILES string of the molecule is Cc1nc(Cl)c(Cl)n1-c1cncc(Cl)n1. The molecule has 0 aliphatic heterocycles. The maximum atomic E-state index is 5.96. The number of halogens is 3. The van der Waals surface area contributed by atoms with Crippen molar-refractivity contribution in [2.45, 2.75) is 6.92 Å². The molecule has 0 aliphatic rings. The van der Waals surface area contributed by atoms with Crippen molar-refractivity contribution in [3.05, 3.63) is 33.7 Å². The number of hydrogen-bond donors (Lipinski definition) is 0. The van der Waals surface area contributed by atoms with Crippen molar-refractivity contribution in [2.24, 2.45) is 0 Å². The quantitative estimate of drug-likeness (QED) is 0.794. The van der Waals surface area contributed by atoms with Crippen LogP contribution in [0.3, 0.4) is 0 Å². The topological polar surface area (TPSA) is 43.6 Å². The first-order valence-corrected chi connectivity index (χ1v) is 5.11. The van der Waals surface area contributed by atoms with Gasteiger partial charge in [0.1, 0.15) is 11.0 Å². The van der Waals surface area contributed by atoms with Gasteiger partial charge in [-0.25, -0.2) is 9.97 Å². The minimum atomic E-state index is 0.232. The van der Waals surface area contributed by atoms with Crippen LogP contribution in [0.25, 0.3) is 5.82 Å². The summed E-state index contributed by atoms with van der Waals surface area (Å²) in [7, 11) is 0. The van der Waals surface area contributed by atoms with Gasteiger partial charge < -0.3 is 0 Å². The van der Waals surface area contributed by atoms with Crippen molar-refractivity contribution in [1.82, 2.24) is 19.5 Å². The Labute approximate surface area is 101 Å². The van der Waals surface area contributed by atoms with E-state index in [1.165, 1.54) is 12.4 Å². The molecule has 2 heterocycles. The maximum absolute atomic E-state index is 5.96. The molecule has 78 valence electrons. The predicted octanol–water partition coefficient (Wildman–Crippen LogP) is 2.93. The Balaban J connectivity index is 2.63. The molecule has 0 saturated heterocycles. The Hall–Kier alpha value is -0.840. The van der Waals surface area contributed by atoms with Crippen molar-refractivity contribution in [3.8, 4) is 5.82 Å². The maximum Gasteiger partial charge on any atom is 0.166 e. The molecule has 0 spiro atoms. The summed E-state index contributed by atoms with van der Waals surface area (Å²) in [5.74, 6) is 1.12. The first-order valence-electron chi connectivity index (χ1n) is 3.98. The van der Waals surface area contributed by atoms with Crippen molar-refractivity contribution in [3.63, 3.8) is 0 Å². The van der Waals surface area contributed by atoms with Crippen molar-refractivity contribution in [1.29, 1.82) is 0 Å². The molecule has 2 aromatic heterocycles. The molecule has 0 saturated carbocycles. The predicted molar refractivity (Wildman–Crippen MR) is 58.9 cm³/mol. The van der Waals surface area contributed by atoms with Gasteiger partial charge in [-0.1, -0.05) is 34.8 Å². The minimum absolute atomic E-state index is 0.232. The van der Waals surface area contributed by atoms with Crippen LogP contribution in [0.5, 0.6) is 0 Å². The average Bonchev–Trinajstić information content (AvgIpc) is 2.41. The van der Waals surface area contributed by atoms with Crippen molar-refractivity contribution < 1.29 is 0 Å². The summed E-state index contributed by atoms with van der Waals surface area (Å²) in [5.41, 5.74) is 0. The molecule has 0 fully saturated rings. The van der Waals surface area contributed by atoms with Gasteiger partial charge in [-0.2, -0.15) is 0 Å². The molecule has 2 aromatic rings. The number of imidazole rings is 1. The normalized spacial score (nSPS) is 10.7. The van der Waals surface area contributed by atoms with Crippen LogP contribution in [-0.4, -0.2) is 19.5 Å². The van der Waals surface area contributed by atoms with Crippen LogP contribution in [0.1, 0.15) is 5.82 Å². The molecule has 0 aliphatic carbocycles. The lowest BCUT2D eigenvalue weighted by Crippen LogP contribution is -2.00. The Morgan fingerprint density at radius 1 is 1.13 bits per heavy atom. The van der Waals surface area contributed by atoms with Crippen molar-refractivity contribution in [2.75, 3.05) is 0 Å². The standard InChI is InChI=1S/C8H5Cl3N4/c1-4-13-7(10)8(11)15(4)6-3-12-2-5(9)14-6/h2-3H,1H3. The van der Waals surface area contributed by atoms with E-state index in [4.69, 9.17) is 34.8 Å². The molecule has 0 radical (unpaired) electrons. The van der Waals surface area contributed by atoms with Gasteiger partial charge in [-0.15, -0.1) is 0 Å². The van der Waals surface area contributed by atoms with E-state index >= 15 is 0 Å². The Kier molecular flexibility index (Phi) is 2.82. The van der Waals surface area contributed by atoms with Crippen LogP contribution >= 0.6 is 34.8 Å². The third kappa shape index (κ3) is 1.93. The van der Waals surface area contributed by atoms with Crippen LogP contribution in [-0.2, 0) is 0 Å². The van der Waals surface area contributed by atoms with Gasteiger partial charge in [-0.3, -0.25) is 9.55 Å². The fraction of sp³-hybridized carbons (Fsp3) is 0.125. The highest BCUT2D eigenvalue weighted by atomic mass is 35.5. The zero-order valence-corrected chi connectivity index (χ0v) is 9.85. The second kappa shape index (κ2) is 3.96. The lowest BCUT2D eigenvalue weighted by Gasteiger charge is -2.04. The Morgan fingerprint density at radius 3 is 2.40 bits per heavy atom. The van der Waals surface area contributed by atoms with Crippen molar-refractivity contribution >= 4 is 34.8 Å². The summed E-state index contributed by atoms with van der Waals surface area (Å²) >= 11 is 17.5. The molecule has 7 heteroatoms. The molecular formula is C8H5Cl3N4. The highest BCUT2D eigenvalue weighted by molar-refractivity contribution is 6.40. The third-order valence-corrected chi connectivity index (χ3v) is 2.66. The third-order valence-electron chi connectivity index (χ3n) is 1.77. The zero-order valence-electron chi connectivity index (χ0n) is 7.58. The van der Waals surface area contributed by atoms with Crippen LogP contribution in [0.15, 0.2) is 12.4 Å². The number of hydrogen-bond acceptors (Lipinski definition) is 3. The molecule has 0 bridgehead atoms. The largest absolute Gasteiger partial charge is 0.268 e. The van der Waals surface area contributed by atoms with Gasteiger partial charge in [0, 0.05) is 0 Å². The van der Waals surface area contributed by atoms with E-state index < -0.39 is 0 Å². The number of aromatic nitrogens is 4. The van der Waals surface area contributed by atoms with E-state index in [0.717, 1.165) is 0 Å². The molecule has 0 aromatic carbocycles. The summed E-state index contributed by atoms with van der Waals surface area (Å²) in [6, 6.07) is 0. The summed E-state index contributed by atoms with van der Waals surface area (Å²) in [6.07, 6.45) is 2.97.